The van der Waals surface area contributed by atoms with Crippen molar-refractivity contribution in [3.63, 3.8) is 0 Å². The van der Waals surface area contributed by atoms with Gasteiger partial charge in [0.2, 0.25) is 0 Å². The molecule has 4 nitrogen and oxygen atoms in total. The maximum Gasteiger partial charge on any atom is 0.328 e. The van der Waals surface area contributed by atoms with E-state index in [2.05, 4.69) is 11.1 Å². The Bertz CT molecular complexity index is 938. The molecule has 6 heteroatoms. The zero-order chi connectivity index (χ0) is 19.5. The van der Waals surface area contributed by atoms with Gasteiger partial charge in [-0.15, -0.1) is 6.58 Å². The molecule has 1 aromatic carbocycles. The zero-order valence-corrected chi connectivity index (χ0v) is 15.5. The second-order valence-electron chi connectivity index (χ2n) is 8.03. The Hall–Kier alpha value is -2.63. The van der Waals surface area contributed by atoms with Crippen molar-refractivity contribution in [2.45, 2.75) is 55.7 Å². The van der Waals surface area contributed by atoms with E-state index in [4.69, 9.17) is 4.74 Å². The van der Waals surface area contributed by atoms with E-state index in [-0.39, 0.29) is 12.1 Å². The molecule has 2 bridgehead atoms. The third-order valence-corrected chi connectivity index (χ3v) is 6.34. The van der Waals surface area contributed by atoms with Gasteiger partial charge in [-0.1, -0.05) is 18.2 Å². The second-order valence-corrected chi connectivity index (χ2v) is 8.03. The Morgan fingerprint density at radius 1 is 1.21 bits per heavy atom. The minimum atomic E-state index is -3.40. The lowest BCUT2D eigenvalue weighted by atomic mass is 9.81. The van der Waals surface area contributed by atoms with E-state index in [0.717, 1.165) is 36.0 Å². The molecule has 28 heavy (non-hydrogen) atoms. The summed E-state index contributed by atoms with van der Waals surface area (Å²) in [6.07, 6.45) is 5.01. The molecular weight excluding hydrogens is 362 g/mol. The number of halogens is 2. The minimum Gasteiger partial charge on any atom is -0.479 e. The number of para-hydroxylation sites is 2. The van der Waals surface area contributed by atoms with Crippen LogP contribution in [0.15, 0.2) is 55.3 Å². The number of alkyl halides is 2. The number of aromatic nitrogens is 1. The highest BCUT2D eigenvalue weighted by atomic mass is 19.3. The highest BCUT2D eigenvalue weighted by molar-refractivity contribution is 5.84. The first-order chi connectivity index (χ1) is 13.5. The van der Waals surface area contributed by atoms with E-state index in [1.165, 1.54) is 4.90 Å². The van der Waals surface area contributed by atoms with Gasteiger partial charge in [-0.3, -0.25) is 4.79 Å². The lowest BCUT2D eigenvalue weighted by Gasteiger charge is -2.49. The van der Waals surface area contributed by atoms with Gasteiger partial charge >= 0.3 is 5.92 Å². The van der Waals surface area contributed by atoms with Crippen LogP contribution in [0.2, 0.25) is 0 Å². The van der Waals surface area contributed by atoms with Gasteiger partial charge in [0.05, 0.1) is 11.4 Å². The molecule has 2 atom stereocenters. The number of carbonyl (C=O) groups is 1. The topological polar surface area (TPSA) is 34.5 Å². The van der Waals surface area contributed by atoms with Gasteiger partial charge in [0, 0.05) is 37.5 Å². The van der Waals surface area contributed by atoms with E-state index in [1.54, 1.807) is 0 Å². The largest absolute Gasteiger partial charge is 0.479 e. The molecule has 3 aliphatic rings. The van der Waals surface area contributed by atoms with Gasteiger partial charge in [-0.25, -0.2) is 0 Å². The van der Waals surface area contributed by atoms with Crippen molar-refractivity contribution in [1.82, 2.24) is 9.47 Å². The molecule has 4 heterocycles. The molecule has 1 amide bonds. The van der Waals surface area contributed by atoms with Crippen LogP contribution in [0.4, 0.5) is 8.78 Å². The molecular formula is C22H22F2N2O2. The number of hydrogen-bond donors (Lipinski definition) is 0. The van der Waals surface area contributed by atoms with Crippen LogP contribution in [0.5, 0.6) is 5.75 Å². The van der Waals surface area contributed by atoms with Crippen LogP contribution in [-0.4, -0.2) is 33.4 Å². The highest BCUT2D eigenvalue weighted by Crippen LogP contribution is 2.52. The summed E-state index contributed by atoms with van der Waals surface area (Å²) < 4.78 is 37.2. The first-order valence-corrected chi connectivity index (χ1v) is 9.73. The van der Waals surface area contributed by atoms with Gasteiger partial charge in [-0.2, -0.15) is 8.78 Å². The van der Waals surface area contributed by atoms with Crippen LogP contribution in [0.3, 0.4) is 0 Å². The Labute approximate surface area is 162 Å². The Morgan fingerprint density at radius 2 is 1.93 bits per heavy atom. The maximum atomic E-state index is 14.3. The van der Waals surface area contributed by atoms with Crippen LogP contribution in [-0.2, 0) is 10.4 Å². The standard InChI is InChI=1S/C22H22F2N2O2/c1-2-11-22(23,24)20(27)26-15-9-10-16(26)14-21(13-15)19-8-5-12-25(19)17-6-3-4-7-18(17)28-21/h2-8,12,15-16H,1,9-11,13-14H2. The predicted octanol–water partition coefficient (Wildman–Crippen LogP) is 4.43. The van der Waals surface area contributed by atoms with Gasteiger partial charge < -0.3 is 14.2 Å². The van der Waals surface area contributed by atoms with Crippen molar-refractivity contribution in [2.75, 3.05) is 0 Å². The van der Waals surface area contributed by atoms with Gasteiger partial charge in [-0.05, 0) is 37.1 Å². The molecule has 0 radical (unpaired) electrons. The monoisotopic (exact) mass is 384 g/mol. The Morgan fingerprint density at radius 3 is 2.64 bits per heavy atom. The van der Waals surface area contributed by atoms with Crippen LogP contribution in [0.1, 0.15) is 37.8 Å². The van der Waals surface area contributed by atoms with Crippen molar-refractivity contribution < 1.29 is 18.3 Å². The fourth-order valence-corrected chi connectivity index (χ4v) is 5.26. The van der Waals surface area contributed by atoms with Crippen molar-refractivity contribution in [3.05, 3.63) is 60.9 Å². The Balaban J connectivity index is 1.50. The zero-order valence-electron chi connectivity index (χ0n) is 15.5. The molecule has 2 aromatic rings. The molecule has 1 aromatic heterocycles. The number of hydrogen-bond acceptors (Lipinski definition) is 2. The molecule has 1 spiro atoms. The van der Waals surface area contributed by atoms with E-state index in [9.17, 15) is 13.6 Å². The molecule has 0 aliphatic carbocycles. The molecule has 5 rings (SSSR count). The molecule has 2 fully saturated rings. The van der Waals surface area contributed by atoms with Crippen LogP contribution >= 0.6 is 0 Å². The summed E-state index contributed by atoms with van der Waals surface area (Å²) in [6, 6.07) is 11.4. The highest BCUT2D eigenvalue weighted by Gasteiger charge is 2.57. The molecule has 2 unspecified atom stereocenters. The molecule has 0 saturated carbocycles. The summed E-state index contributed by atoms with van der Waals surface area (Å²) in [5, 5.41) is 0. The first-order valence-electron chi connectivity index (χ1n) is 9.73. The van der Waals surface area contributed by atoms with Crippen molar-refractivity contribution in [3.8, 4) is 11.4 Å². The van der Waals surface area contributed by atoms with Gasteiger partial charge in [0.1, 0.15) is 5.75 Å². The van der Waals surface area contributed by atoms with Gasteiger partial charge in [0.15, 0.2) is 5.60 Å². The summed E-state index contributed by atoms with van der Waals surface area (Å²) >= 11 is 0. The number of piperidine rings is 1. The summed E-state index contributed by atoms with van der Waals surface area (Å²) in [5.74, 6) is -3.67. The Kier molecular flexibility index (Phi) is 3.70. The summed E-state index contributed by atoms with van der Waals surface area (Å²) in [5.41, 5.74) is 1.43. The fraction of sp³-hybridized carbons (Fsp3) is 0.409. The smallest absolute Gasteiger partial charge is 0.328 e. The summed E-state index contributed by atoms with van der Waals surface area (Å²) in [4.78, 5) is 14.1. The molecule has 0 N–H and O–H groups in total. The van der Waals surface area contributed by atoms with Crippen molar-refractivity contribution in [1.29, 1.82) is 0 Å². The average Bonchev–Trinajstić information content (AvgIpc) is 3.26. The number of fused-ring (bicyclic) bond motifs is 6. The van der Waals surface area contributed by atoms with Crippen LogP contribution < -0.4 is 4.74 Å². The summed E-state index contributed by atoms with van der Waals surface area (Å²) in [7, 11) is 0. The number of carbonyl (C=O) groups excluding carboxylic acids is 1. The average molecular weight is 384 g/mol. The maximum absolute atomic E-state index is 14.3. The lowest BCUT2D eigenvalue weighted by molar-refractivity contribution is -0.166. The van der Waals surface area contributed by atoms with E-state index in [1.807, 2.05) is 42.6 Å². The second kappa shape index (κ2) is 5.93. The van der Waals surface area contributed by atoms with Crippen LogP contribution in [0.25, 0.3) is 5.69 Å². The van der Waals surface area contributed by atoms with Crippen LogP contribution in [0, 0.1) is 0 Å². The number of allylic oxidation sites excluding steroid dienone is 1. The predicted molar refractivity (Wildman–Crippen MR) is 101 cm³/mol. The quantitative estimate of drug-likeness (QED) is 0.734. The normalized spacial score (nSPS) is 27.9. The number of nitrogens with zero attached hydrogens (tertiary/aromatic N) is 2. The third kappa shape index (κ3) is 2.36. The number of benzene rings is 1. The molecule has 2 saturated heterocycles. The molecule has 146 valence electrons. The van der Waals surface area contributed by atoms with Crippen molar-refractivity contribution >= 4 is 5.91 Å². The SMILES string of the molecule is C=CCC(F)(F)C(=O)N1C2CCC1CC1(C2)Oc2ccccc2-n2cccc21. The molecule has 3 aliphatic heterocycles. The van der Waals surface area contributed by atoms with E-state index in [0.29, 0.717) is 12.8 Å². The number of amides is 1. The number of ether oxygens (including phenoxy) is 1. The summed E-state index contributed by atoms with van der Waals surface area (Å²) in [6.45, 7) is 3.36. The minimum absolute atomic E-state index is 0.240. The van der Waals surface area contributed by atoms with E-state index >= 15 is 0 Å². The third-order valence-electron chi connectivity index (χ3n) is 6.34. The number of rotatable bonds is 3. The van der Waals surface area contributed by atoms with E-state index < -0.39 is 23.9 Å². The lowest BCUT2D eigenvalue weighted by Crippen LogP contribution is -2.58. The first kappa shape index (κ1) is 17.5. The van der Waals surface area contributed by atoms with Gasteiger partial charge in [0.25, 0.3) is 5.91 Å². The van der Waals surface area contributed by atoms with Crippen molar-refractivity contribution in [2.24, 2.45) is 0 Å². The fourth-order valence-electron chi connectivity index (χ4n) is 5.26.